The van der Waals surface area contributed by atoms with E-state index in [0.717, 1.165) is 11.2 Å². The van der Waals surface area contributed by atoms with E-state index >= 15 is 0 Å². The van der Waals surface area contributed by atoms with Crippen LogP contribution in [0.1, 0.15) is 52.7 Å². The minimum atomic E-state index is -0.361. The summed E-state index contributed by atoms with van der Waals surface area (Å²) in [6, 6.07) is 31.1. The first-order valence-electron chi connectivity index (χ1n) is 13.2. The number of para-hydroxylation sites is 1. The highest BCUT2D eigenvalue weighted by Gasteiger charge is 2.51. The summed E-state index contributed by atoms with van der Waals surface area (Å²) in [6.45, 7) is 13.1. The summed E-state index contributed by atoms with van der Waals surface area (Å²) in [4.78, 5) is 0. The van der Waals surface area contributed by atoms with E-state index in [1.54, 1.807) is 0 Å². The number of nitrogens with zero attached hydrogens (tertiary/aromatic N) is 1. The van der Waals surface area contributed by atoms with Gasteiger partial charge in [0, 0.05) is 21.9 Å². The molecule has 0 bridgehead atoms. The van der Waals surface area contributed by atoms with Gasteiger partial charge in [-0.25, -0.2) is 0 Å². The summed E-state index contributed by atoms with van der Waals surface area (Å²) in [5.41, 5.74) is 9.39. The predicted octanol–water partition coefficient (Wildman–Crippen LogP) is 7.39. The molecule has 1 saturated heterocycles. The molecular weight excluding hydrogens is 453 g/mol. The summed E-state index contributed by atoms with van der Waals surface area (Å²) in [7, 11) is -0.361. The molecule has 0 saturated carbocycles. The Morgan fingerprint density at radius 3 is 1.97 bits per heavy atom. The van der Waals surface area contributed by atoms with E-state index in [1.165, 1.54) is 44.1 Å². The molecular formula is C33H32BNO2. The Labute approximate surface area is 219 Å². The molecule has 0 radical (unpaired) electrons. The predicted molar refractivity (Wildman–Crippen MR) is 154 cm³/mol. The Hall–Kier alpha value is -3.34. The highest BCUT2D eigenvalue weighted by atomic mass is 16.7. The molecule has 1 fully saturated rings. The number of benzene rings is 4. The van der Waals surface area contributed by atoms with Crippen molar-refractivity contribution in [3.8, 4) is 16.8 Å². The van der Waals surface area contributed by atoms with E-state index in [-0.39, 0.29) is 23.7 Å². The van der Waals surface area contributed by atoms with Crippen LogP contribution in [0.5, 0.6) is 0 Å². The van der Waals surface area contributed by atoms with Crippen molar-refractivity contribution in [2.45, 2.75) is 58.2 Å². The Morgan fingerprint density at radius 2 is 1.24 bits per heavy atom. The van der Waals surface area contributed by atoms with Crippen molar-refractivity contribution in [3.63, 3.8) is 0 Å². The zero-order chi connectivity index (χ0) is 25.7. The van der Waals surface area contributed by atoms with Crippen LogP contribution < -0.4 is 5.46 Å². The Morgan fingerprint density at radius 1 is 0.595 bits per heavy atom. The number of hydrogen-bond acceptors (Lipinski definition) is 2. The fraction of sp³-hybridized carbons (Fsp3) is 0.273. The standard InChI is InChI=1S/C33H32BNO2/c1-31(2)27-13-9-7-11-23(27)25-19-26-24-12-8-10-14-29(24)35(30(26)20-28(25)31)22-17-15-21(16-18-22)34-36-32(3,4)33(5,6)37-34/h7-20H,1-6H3. The van der Waals surface area contributed by atoms with Crippen molar-refractivity contribution in [3.05, 3.63) is 96.1 Å². The van der Waals surface area contributed by atoms with Crippen LogP contribution in [0.3, 0.4) is 0 Å². The Balaban J connectivity index is 1.40. The number of aromatic nitrogens is 1. The minimum Gasteiger partial charge on any atom is -0.399 e. The highest BCUT2D eigenvalue weighted by molar-refractivity contribution is 6.62. The van der Waals surface area contributed by atoms with E-state index in [9.17, 15) is 0 Å². The van der Waals surface area contributed by atoms with Crippen LogP contribution in [0.4, 0.5) is 0 Å². The molecule has 1 aliphatic heterocycles. The molecule has 184 valence electrons. The third-order valence-corrected chi connectivity index (χ3v) is 9.05. The third-order valence-electron chi connectivity index (χ3n) is 9.05. The Bertz CT molecular complexity index is 1690. The van der Waals surface area contributed by atoms with Crippen LogP contribution in [0, 0.1) is 0 Å². The van der Waals surface area contributed by atoms with E-state index in [1.807, 2.05) is 0 Å². The molecule has 3 nitrogen and oxygen atoms in total. The molecule has 0 atom stereocenters. The summed E-state index contributed by atoms with van der Waals surface area (Å²) in [5, 5.41) is 2.56. The van der Waals surface area contributed by atoms with Gasteiger partial charge in [-0.3, -0.25) is 0 Å². The van der Waals surface area contributed by atoms with Gasteiger partial charge in [0.1, 0.15) is 0 Å². The lowest BCUT2D eigenvalue weighted by atomic mass is 9.79. The van der Waals surface area contributed by atoms with Crippen molar-refractivity contribution in [2.24, 2.45) is 0 Å². The quantitative estimate of drug-likeness (QED) is 0.244. The van der Waals surface area contributed by atoms with Gasteiger partial charge >= 0.3 is 7.12 Å². The number of rotatable bonds is 2. The maximum Gasteiger partial charge on any atom is 0.494 e. The molecule has 5 aromatic rings. The monoisotopic (exact) mass is 485 g/mol. The second-order valence-electron chi connectivity index (χ2n) is 12.1. The van der Waals surface area contributed by atoms with Crippen molar-refractivity contribution < 1.29 is 9.31 Å². The van der Waals surface area contributed by atoms with E-state index < -0.39 is 0 Å². The van der Waals surface area contributed by atoms with Crippen molar-refractivity contribution in [2.75, 3.05) is 0 Å². The number of fused-ring (bicyclic) bond motifs is 6. The molecule has 4 aromatic carbocycles. The van der Waals surface area contributed by atoms with Crippen LogP contribution in [0.15, 0.2) is 84.9 Å². The van der Waals surface area contributed by atoms with Gasteiger partial charge in [0.15, 0.2) is 0 Å². The fourth-order valence-corrected chi connectivity index (χ4v) is 6.20. The van der Waals surface area contributed by atoms with Gasteiger partial charge in [-0.2, -0.15) is 0 Å². The molecule has 2 heterocycles. The average Bonchev–Trinajstić information content (AvgIpc) is 3.40. The molecule has 7 rings (SSSR count). The second kappa shape index (κ2) is 7.37. The first-order chi connectivity index (χ1) is 17.6. The molecule has 1 aliphatic carbocycles. The molecule has 1 aromatic heterocycles. The first-order valence-corrected chi connectivity index (χ1v) is 13.2. The highest BCUT2D eigenvalue weighted by Crippen LogP contribution is 2.50. The third kappa shape index (κ3) is 3.09. The molecule has 2 aliphatic rings. The number of hydrogen-bond donors (Lipinski definition) is 0. The lowest BCUT2D eigenvalue weighted by Crippen LogP contribution is -2.41. The van der Waals surface area contributed by atoms with Gasteiger partial charge in [-0.1, -0.05) is 68.4 Å². The minimum absolute atomic E-state index is 0.0397. The fourth-order valence-electron chi connectivity index (χ4n) is 6.20. The largest absolute Gasteiger partial charge is 0.494 e. The average molecular weight is 485 g/mol. The molecule has 37 heavy (non-hydrogen) atoms. The smallest absolute Gasteiger partial charge is 0.399 e. The summed E-state index contributed by atoms with van der Waals surface area (Å²) >= 11 is 0. The topological polar surface area (TPSA) is 23.4 Å². The van der Waals surface area contributed by atoms with Crippen molar-refractivity contribution in [1.82, 2.24) is 4.57 Å². The van der Waals surface area contributed by atoms with Crippen molar-refractivity contribution in [1.29, 1.82) is 0 Å². The summed E-state index contributed by atoms with van der Waals surface area (Å²) in [5.74, 6) is 0. The maximum atomic E-state index is 6.30. The van der Waals surface area contributed by atoms with Crippen LogP contribution in [-0.2, 0) is 14.7 Å². The van der Waals surface area contributed by atoms with Crippen molar-refractivity contribution >= 4 is 34.4 Å². The van der Waals surface area contributed by atoms with Gasteiger partial charge in [0.25, 0.3) is 0 Å². The van der Waals surface area contributed by atoms with Crippen LogP contribution in [0.25, 0.3) is 38.6 Å². The van der Waals surface area contributed by atoms with Crippen LogP contribution in [0.2, 0.25) is 0 Å². The molecule has 0 N–H and O–H groups in total. The lowest BCUT2D eigenvalue weighted by molar-refractivity contribution is 0.00578. The molecule has 4 heteroatoms. The van der Waals surface area contributed by atoms with Gasteiger partial charge in [-0.05, 0) is 85.7 Å². The van der Waals surface area contributed by atoms with E-state index in [2.05, 4.69) is 131 Å². The first kappa shape index (κ1) is 22.8. The summed E-state index contributed by atoms with van der Waals surface area (Å²) in [6.07, 6.45) is 0. The zero-order valence-electron chi connectivity index (χ0n) is 22.4. The van der Waals surface area contributed by atoms with Gasteiger partial charge in [-0.15, -0.1) is 0 Å². The summed E-state index contributed by atoms with van der Waals surface area (Å²) < 4.78 is 15.0. The second-order valence-corrected chi connectivity index (χ2v) is 12.1. The maximum absolute atomic E-state index is 6.30. The molecule has 0 spiro atoms. The lowest BCUT2D eigenvalue weighted by Gasteiger charge is -2.32. The molecule has 0 unspecified atom stereocenters. The zero-order valence-corrected chi connectivity index (χ0v) is 22.4. The van der Waals surface area contributed by atoms with E-state index in [0.29, 0.717) is 0 Å². The van der Waals surface area contributed by atoms with E-state index in [4.69, 9.17) is 9.31 Å². The Kier molecular flexibility index (Phi) is 4.55. The molecule has 0 amide bonds. The normalized spacial score (nSPS) is 18.9. The van der Waals surface area contributed by atoms with Crippen LogP contribution in [-0.4, -0.2) is 22.9 Å². The van der Waals surface area contributed by atoms with Crippen LogP contribution >= 0.6 is 0 Å². The SMILES string of the molecule is CC1(C)c2ccccc2-c2cc3c4ccccc4n(-c4ccc(B5OC(C)(C)C(C)(C)O5)cc4)c3cc21. The van der Waals surface area contributed by atoms with Gasteiger partial charge in [0.05, 0.1) is 22.2 Å². The van der Waals surface area contributed by atoms with Gasteiger partial charge < -0.3 is 13.9 Å². The van der Waals surface area contributed by atoms with Gasteiger partial charge in [0.2, 0.25) is 0 Å².